The molecule has 31 heavy (non-hydrogen) atoms. The fraction of sp³-hybridized carbons (Fsp3) is 0.136. The van der Waals surface area contributed by atoms with E-state index in [4.69, 9.17) is 9.15 Å². The van der Waals surface area contributed by atoms with Crippen molar-refractivity contribution in [2.45, 2.75) is 13.0 Å². The van der Waals surface area contributed by atoms with E-state index in [1.165, 1.54) is 35.2 Å². The maximum atomic E-state index is 12.4. The molecule has 0 N–H and O–H groups in total. The van der Waals surface area contributed by atoms with Crippen LogP contribution in [-0.2, 0) is 11.3 Å². The van der Waals surface area contributed by atoms with E-state index >= 15 is 0 Å². The minimum atomic E-state index is -0.652. The Balaban J connectivity index is 1.35. The van der Waals surface area contributed by atoms with Crippen LogP contribution in [0.2, 0.25) is 0 Å². The molecule has 0 aliphatic heterocycles. The number of hydrogen-bond acceptors (Lipinski definition) is 7. The summed E-state index contributed by atoms with van der Waals surface area (Å²) in [5.74, 6) is -0.337. The molecular formula is C22H17N3O6. The number of carbonyl (C=O) groups excluding carboxylic acids is 1. The van der Waals surface area contributed by atoms with Crippen molar-refractivity contribution in [3.05, 3.63) is 93.2 Å². The van der Waals surface area contributed by atoms with E-state index in [-0.39, 0.29) is 23.6 Å². The molecule has 0 saturated heterocycles. The predicted molar refractivity (Wildman–Crippen MR) is 112 cm³/mol. The highest BCUT2D eigenvalue weighted by Gasteiger charge is 2.15. The van der Waals surface area contributed by atoms with Gasteiger partial charge in [-0.1, -0.05) is 24.3 Å². The number of para-hydroxylation sites is 1. The van der Waals surface area contributed by atoms with E-state index in [0.717, 1.165) is 0 Å². The Kier molecular flexibility index (Phi) is 5.57. The van der Waals surface area contributed by atoms with Crippen molar-refractivity contribution in [3.8, 4) is 11.3 Å². The van der Waals surface area contributed by atoms with Gasteiger partial charge in [-0.25, -0.2) is 9.78 Å². The van der Waals surface area contributed by atoms with Gasteiger partial charge in [-0.15, -0.1) is 0 Å². The average molecular weight is 419 g/mol. The van der Waals surface area contributed by atoms with Crippen LogP contribution in [0.1, 0.15) is 17.0 Å². The zero-order chi connectivity index (χ0) is 21.8. The number of benzene rings is 2. The fourth-order valence-corrected chi connectivity index (χ4v) is 3.11. The molecule has 9 heteroatoms. The maximum absolute atomic E-state index is 12.4. The number of nitro groups is 1. The van der Waals surface area contributed by atoms with E-state index in [0.29, 0.717) is 35.2 Å². The molecule has 2 heterocycles. The molecule has 2 aromatic heterocycles. The summed E-state index contributed by atoms with van der Waals surface area (Å²) in [7, 11) is 0. The SMILES string of the molecule is O=C(OCCCn1cnc2ccccc2c1=O)c1ccc(-c2cccc([N+](=O)[O-])c2)o1. The van der Waals surface area contributed by atoms with Gasteiger partial charge in [-0.2, -0.15) is 0 Å². The summed E-state index contributed by atoms with van der Waals surface area (Å²) in [5.41, 5.74) is 0.894. The van der Waals surface area contributed by atoms with Crippen molar-refractivity contribution in [3.63, 3.8) is 0 Å². The number of carbonyl (C=O) groups is 1. The number of aromatic nitrogens is 2. The zero-order valence-electron chi connectivity index (χ0n) is 16.3. The molecular weight excluding hydrogens is 402 g/mol. The Labute approximate surface area is 175 Å². The monoisotopic (exact) mass is 419 g/mol. The molecule has 0 amide bonds. The number of fused-ring (bicyclic) bond motifs is 1. The largest absolute Gasteiger partial charge is 0.460 e. The molecule has 0 unspecified atom stereocenters. The van der Waals surface area contributed by atoms with Crippen molar-refractivity contribution < 1.29 is 18.9 Å². The molecule has 156 valence electrons. The van der Waals surface area contributed by atoms with E-state index in [1.807, 2.05) is 6.07 Å². The number of ether oxygens (including phenoxy) is 1. The second-order valence-corrected chi connectivity index (χ2v) is 6.72. The van der Waals surface area contributed by atoms with Gasteiger partial charge in [0.05, 0.1) is 28.8 Å². The van der Waals surface area contributed by atoms with Gasteiger partial charge in [0.15, 0.2) is 0 Å². The second kappa shape index (κ2) is 8.62. The Morgan fingerprint density at radius 1 is 1.13 bits per heavy atom. The predicted octanol–water partition coefficient (Wildman–Crippen LogP) is 3.81. The van der Waals surface area contributed by atoms with Gasteiger partial charge in [0.2, 0.25) is 5.76 Å². The van der Waals surface area contributed by atoms with Crippen LogP contribution in [0.4, 0.5) is 5.69 Å². The fourth-order valence-electron chi connectivity index (χ4n) is 3.11. The Bertz CT molecular complexity index is 1320. The summed E-state index contributed by atoms with van der Waals surface area (Å²) in [6.07, 6.45) is 1.90. The Hall–Kier alpha value is -4.27. The van der Waals surface area contributed by atoms with E-state index in [1.54, 1.807) is 30.3 Å². The van der Waals surface area contributed by atoms with Gasteiger partial charge in [0.1, 0.15) is 5.76 Å². The van der Waals surface area contributed by atoms with Gasteiger partial charge < -0.3 is 9.15 Å². The summed E-state index contributed by atoms with van der Waals surface area (Å²) in [5, 5.41) is 11.4. The Morgan fingerprint density at radius 3 is 2.81 bits per heavy atom. The minimum absolute atomic E-state index is 0.00829. The zero-order valence-corrected chi connectivity index (χ0v) is 16.3. The lowest BCUT2D eigenvalue weighted by atomic mass is 10.1. The van der Waals surface area contributed by atoms with Crippen molar-refractivity contribution in [2.75, 3.05) is 6.61 Å². The van der Waals surface area contributed by atoms with E-state index in [2.05, 4.69) is 4.98 Å². The summed E-state index contributed by atoms with van der Waals surface area (Å²) < 4.78 is 12.2. The van der Waals surface area contributed by atoms with Gasteiger partial charge in [0, 0.05) is 24.2 Å². The molecule has 2 aromatic carbocycles. The highest BCUT2D eigenvalue weighted by Crippen LogP contribution is 2.26. The molecule has 0 aliphatic carbocycles. The smallest absolute Gasteiger partial charge is 0.374 e. The molecule has 0 radical (unpaired) electrons. The van der Waals surface area contributed by atoms with E-state index < -0.39 is 10.9 Å². The molecule has 0 fully saturated rings. The van der Waals surface area contributed by atoms with Crippen molar-refractivity contribution in [1.82, 2.24) is 9.55 Å². The highest BCUT2D eigenvalue weighted by atomic mass is 16.6. The lowest BCUT2D eigenvalue weighted by Gasteiger charge is -2.07. The van der Waals surface area contributed by atoms with Crippen molar-refractivity contribution >= 4 is 22.6 Å². The van der Waals surface area contributed by atoms with Crippen LogP contribution in [0, 0.1) is 10.1 Å². The van der Waals surface area contributed by atoms with Crippen LogP contribution in [0.25, 0.3) is 22.2 Å². The first-order valence-corrected chi connectivity index (χ1v) is 9.49. The number of non-ortho nitro benzene ring substituents is 1. The van der Waals surface area contributed by atoms with Crippen LogP contribution in [-0.4, -0.2) is 27.1 Å². The summed E-state index contributed by atoms with van der Waals surface area (Å²) in [6, 6.07) is 16.0. The molecule has 4 rings (SSSR count). The highest BCUT2D eigenvalue weighted by molar-refractivity contribution is 5.87. The number of nitro benzene ring substituents is 1. The van der Waals surface area contributed by atoms with E-state index in [9.17, 15) is 19.7 Å². The molecule has 0 saturated carbocycles. The van der Waals surface area contributed by atoms with Crippen molar-refractivity contribution in [1.29, 1.82) is 0 Å². The Morgan fingerprint density at radius 2 is 1.97 bits per heavy atom. The third-order valence-electron chi connectivity index (χ3n) is 4.66. The normalized spacial score (nSPS) is 10.8. The lowest BCUT2D eigenvalue weighted by Crippen LogP contribution is -2.21. The average Bonchev–Trinajstić information content (AvgIpc) is 3.29. The first-order valence-electron chi connectivity index (χ1n) is 9.49. The van der Waals surface area contributed by atoms with Crippen LogP contribution in [0.5, 0.6) is 0 Å². The quantitative estimate of drug-likeness (QED) is 0.193. The van der Waals surface area contributed by atoms with Crippen LogP contribution in [0.3, 0.4) is 0 Å². The first kappa shape index (κ1) is 20.0. The van der Waals surface area contributed by atoms with Gasteiger partial charge in [0.25, 0.3) is 11.2 Å². The topological polar surface area (TPSA) is 117 Å². The summed E-state index contributed by atoms with van der Waals surface area (Å²) >= 11 is 0. The van der Waals surface area contributed by atoms with Crippen LogP contribution in [0.15, 0.2) is 76.2 Å². The number of furan rings is 1. The summed E-state index contributed by atoms with van der Waals surface area (Å²) in [4.78, 5) is 39.3. The van der Waals surface area contributed by atoms with Crippen LogP contribution < -0.4 is 5.56 Å². The van der Waals surface area contributed by atoms with Crippen LogP contribution >= 0.6 is 0 Å². The number of nitrogens with zero attached hydrogens (tertiary/aromatic N) is 3. The van der Waals surface area contributed by atoms with Gasteiger partial charge in [-0.05, 0) is 30.7 Å². The maximum Gasteiger partial charge on any atom is 0.374 e. The first-order chi connectivity index (χ1) is 15.0. The van der Waals surface area contributed by atoms with Gasteiger partial charge in [-0.3, -0.25) is 19.5 Å². The molecule has 0 spiro atoms. The van der Waals surface area contributed by atoms with Crippen molar-refractivity contribution in [2.24, 2.45) is 0 Å². The number of esters is 1. The molecule has 0 atom stereocenters. The summed E-state index contributed by atoms with van der Waals surface area (Å²) in [6.45, 7) is 0.436. The third kappa shape index (κ3) is 4.35. The number of rotatable bonds is 7. The second-order valence-electron chi connectivity index (χ2n) is 6.72. The standard InChI is InChI=1S/C22H17N3O6/c26-21-17-7-1-2-8-18(17)23-14-24(21)11-4-12-30-22(27)20-10-9-19(31-20)15-5-3-6-16(13-15)25(28)29/h1-3,5-10,13-14H,4,11-12H2. The third-order valence-corrected chi connectivity index (χ3v) is 4.66. The molecule has 4 aromatic rings. The van der Waals surface area contributed by atoms with Gasteiger partial charge >= 0.3 is 5.97 Å². The molecule has 0 bridgehead atoms. The molecule has 0 aliphatic rings. The lowest BCUT2D eigenvalue weighted by molar-refractivity contribution is -0.384. The molecule has 9 nitrogen and oxygen atoms in total. The number of hydrogen-bond donors (Lipinski definition) is 0. The minimum Gasteiger partial charge on any atom is -0.460 e. The number of aryl methyl sites for hydroxylation is 1.